The maximum Gasteiger partial charge on any atom is 0.165 e. The molecule has 1 saturated carbocycles. The van der Waals surface area contributed by atoms with E-state index in [0.717, 1.165) is 30.5 Å². The summed E-state index contributed by atoms with van der Waals surface area (Å²) >= 11 is 0. The zero-order valence-corrected chi connectivity index (χ0v) is 12.0. The van der Waals surface area contributed by atoms with E-state index in [0.29, 0.717) is 12.0 Å². The molecule has 1 aliphatic heterocycles. The number of phenolic OH excluding ortho intramolecular Hbond substituents is 1. The van der Waals surface area contributed by atoms with Crippen molar-refractivity contribution in [2.45, 2.75) is 56.9 Å². The van der Waals surface area contributed by atoms with Crippen LogP contribution in [0.15, 0.2) is 6.07 Å². The Balaban J connectivity index is 1.97. The van der Waals surface area contributed by atoms with Gasteiger partial charge in [0, 0.05) is 11.5 Å². The first-order valence-corrected chi connectivity index (χ1v) is 7.88. The molecule has 0 amide bonds. The molecular weight excluding hydrogens is 253 g/mol. The molecule has 2 aliphatic carbocycles. The van der Waals surface area contributed by atoms with Crippen molar-refractivity contribution < 1.29 is 9.50 Å². The highest BCUT2D eigenvalue weighted by Gasteiger charge is 2.52. The summed E-state index contributed by atoms with van der Waals surface area (Å²) in [5.41, 5.74) is 3.41. The van der Waals surface area contributed by atoms with E-state index in [1.807, 2.05) is 6.92 Å². The number of rotatable bonds is 0. The molecule has 3 atom stereocenters. The predicted octanol–water partition coefficient (Wildman–Crippen LogP) is 3.19. The largest absolute Gasteiger partial charge is 0.505 e. The maximum atomic E-state index is 13.9. The van der Waals surface area contributed by atoms with E-state index in [2.05, 4.69) is 5.32 Å². The summed E-state index contributed by atoms with van der Waals surface area (Å²) in [6.45, 7) is 2.96. The van der Waals surface area contributed by atoms with Gasteiger partial charge >= 0.3 is 0 Å². The van der Waals surface area contributed by atoms with Crippen LogP contribution in [0, 0.1) is 18.7 Å². The Morgan fingerprint density at radius 2 is 2.20 bits per heavy atom. The van der Waals surface area contributed by atoms with Crippen molar-refractivity contribution in [3.05, 3.63) is 28.6 Å². The van der Waals surface area contributed by atoms with E-state index in [4.69, 9.17) is 0 Å². The molecule has 2 N–H and O–H groups in total. The molecule has 0 aromatic heterocycles. The van der Waals surface area contributed by atoms with E-state index < -0.39 is 5.82 Å². The average Bonchev–Trinajstić information content (AvgIpc) is 2.44. The van der Waals surface area contributed by atoms with Gasteiger partial charge in [-0.1, -0.05) is 12.8 Å². The topological polar surface area (TPSA) is 32.3 Å². The summed E-state index contributed by atoms with van der Waals surface area (Å²) in [6, 6.07) is 2.09. The molecule has 1 aromatic carbocycles. The number of halogens is 1. The van der Waals surface area contributed by atoms with Crippen molar-refractivity contribution >= 4 is 0 Å². The molecule has 3 heteroatoms. The smallest absolute Gasteiger partial charge is 0.165 e. The molecule has 1 heterocycles. The zero-order valence-electron chi connectivity index (χ0n) is 12.0. The highest BCUT2D eigenvalue weighted by atomic mass is 19.1. The van der Waals surface area contributed by atoms with Crippen LogP contribution in [0.3, 0.4) is 0 Å². The molecule has 0 spiro atoms. The molecule has 2 bridgehead atoms. The number of phenols is 1. The van der Waals surface area contributed by atoms with Crippen LogP contribution in [0.25, 0.3) is 0 Å². The maximum absolute atomic E-state index is 13.9. The van der Waals surface area contributed by atoms with Gasteiger partial charge < -0.3 is 10.4 Å². The summed E-state index contributed by atoms with van der Waals surface area (Å²) in [5.74, 6) is 0.0884. The number of hydrogen-bond acceptors (Lipinski definition) is 2. The second-order valence-electron chi connectivity index (χ2n) is 6.89. The highest BCUT2D eigenvalue weighted by Crippen LogP contribution is 2.55. The van der Waals surface area contributed by atoms with Gasteiger partial charge in [-0.25, -0.2) is 4.39 Å². The fourth-order valence-electron chi connectivity index (χ4n) is 5.36. The Bertz CT molecular complexity index is 567. The summed E-state index contributed by atoms with van der Waals surface area (Å²) in [6.07, 6.45) is 7.10. The monoisotopic (exact) mass is 275 g/mol. The lowest BCUT2D eigenvalue weighted by Crippen LogP contribution is -2.59. The van der Waals surface area contributed by atoms with E-state index in [9.17, 15) is 9.50 Å². The normalized spacial score (nSPS) is 35.3. The molecule has 0 unspecified atom stereocenters. The van der Waals surface area contributed by atoms with E-state index in [-0.39, 0.29) is 11.2 Å². The van der Waals surface area contributed by atoms with E-state index >= 15 is 0 Å². The van der Waals surface area contributed by atoms with Gasteiger partial charge in [0.2, 0.25) is 0 Å². The van der Waals surface area contributed by atoms with Crippen molar-refractivity contribution in [3.63, 3.8) is 0 Å². The summed E-state index contributed by atoms with van der Waals surface area (Å²) in [7, 11) is 0. The standard InChI is InChI=1S/C17H22FNO/c1-10-15-11(8-13(18)16(10)20)9-14-12-4-2-3-5-17(12,15)6-7-19-14/h8,12,14,19-20H,2-7,9H2,1H3/t12-,14+,17+/m1/s1. The molecule has 1 aromatic rings. The van der Waals surface area contributed by atoms with Gasteiger partial charge in [0.25, 0.3) is 0 Å². The molecule has 3 aliphatic rings. The van der Waals surface area contributed by atoms with Crippen molar-refractivity contribution in [1.29, 1.82) is 0 Å². The molecule has 108 valence electrons. The first-order valence-electron chi connectivity index (χ1n) is 7.88. The Hall–Kier alpha value is -1.09. The van der Waals surface area contributed by atoms with Gasteiger partial charge in [0.1, 0.15) is 0 Å². The first kappa shape index (κ1) is 12.6. The molecule has 1 saturated heterocycles. The minimum Gasteiger partial charge on any atom is -0.505 e. The fraction of sp³-hybridized carbons (Fsp3) is 0.647. The lowest BCUT2D eigenvalue weighted by Gasteiger charge is -2.56. The molecule has 2 nitrogen and oxygen atoms in total. The van der Waals surface area contributed by atoms with Crippen LogP contribution < -0.4 is 5.32 Å². The third-order valence-corrected chi connectivity index (χ3v) is 6.08. The minimum absolute atomic E-state index is 0.126. The van der Waals surface area contributed by atoms with Crippen LogP contribution in [0.1, 0.15) is 48.8 Å². The van der Waals surface area contributed by atoms with Gasteiger partial charge in [-0.05, 0) is 67.8 Å². The van der Waals surface area contributed by atoms with E-state index in [1.165, 1.54) is 31.2 Å². The number of piperidine rings is 1. The van der Waals surface area contributed by atoms with Crippen LogP contribution in [0.2, 0.25) is 0 Å². The molecule has 2 fully saturated rings. The number of fused-ring (bicyclic) bond motifs is 1. The first-order chi connectivity index (χ1) is 9.63. The summed E-state index contributed by atoms with van der Waals surface area (Å²) in [4.78, 5) is 0. The number of nitrogens with one attached hydrogen (secondary N) is 1. The Morgan fingerprint density at radius 3 is 3.05 bits per heavy atom. The van der Waals surface area contributed by atoms with E-state index in [1.54, 1.807) is 6.07 Å². The zero-order chi connectivity index (χ0) is 13.9. The van der Waals surface area contributed by atoms with Crippen molar-refractivity contribution in [2.24, 2.45) is 5.92 Å². The van der Waals surface area contributed by atoms with Crippen molar-refractivity contribution in [3.8, 4) is 5.75 Å². The van der Waals surface area contributed by atoms with Crippen LogP contribution in [-0.2, 0) is 11.8 Å². The molecular formula is C17H22FNO. The van der Waals surface area contributed by atoms with Crippen LogP contribution in [0.4, 0.5) is 4.39 Å². The van der Waals surface area contributed by atoms with Gasteiger partial charge in [-0.15, -0.1) is 0 Å². The lowest BCUT2D eigenvalue weighted by molar-refractivity contribution is 0.0786. The van der Waals surface area contributed by atoms with Crippen LogP contribution >= 0.6 is 0 Å². The minimum atomic E-state index is -0.454. The Morgan fingerprint density at radius 1 is 1.35 bits per heavy atom. The third kappa shape index (κ3) is 1.47. The predicted molar refractivity (Wildman–Crippen MR) is 76.5 cm³/mol. The molecule has 4 rings (SSSR count). The van der Waals surface area contributed by atoms with Crippen LogP contribution in [-0.4, -0.2) is 17.7 Å². The number of benzene rings is 1. The van der Waals surface area contributed by atoms with Crippen molar-refractivity contribution in [1.82, 2.24) is 5.32 Å². The summed E-state index contributed by atoms with van der Waals surface area (Å²) in [5, 5.41) is 13.7. The SMILES string of the molecule is Cc1c(O)c(F)cc2c1[C@]13CCCC[C@@H]1[C@H](C2)NCC3. The van der Waals surface area contributed by atoms with Gasteiger partial charge in [0.05, 0.1) is 0 Å². The summed E-state index contributed by atoms with van der Waals surface area (Å²) < 4.78 is 13.9. The van der Waals surface area contributed by atoms with Crippen molar-refractivity contribution in [2.75, 3.05) is 6.54 Å². The Labute approximate surface area is 119 Å². The highest BCUT2D eigenvalue weighted by molar-refractivity contribution is 5.52. The lowest BCUT2D eigenvalue weighted by atomic mass is 9.52. The number of aromatic hydroxyl groups is 1. The quantitative estimate of drug-likeness (QED) is 0.762. The van der Waals surface area contributed by atoms with Gasteiger partial charge in [0.15, 0.2) is 11.6 Å². The Kier molecular flexibility index (Phi) is 2.65. The fourth-order valence-corrected chi connectivity index (χ4v) is 5.36. The van der Waals surface area contributed by atoms with Crippen LogP contribution in [0.5, 0.6) is 5.75 Å². The second-order valence-corrected chi connectivity index (χ2v) is 6.89. The third-order valence-electron chi connectivity index (χ3n) is 6.08. The second kappa shape index (κ2) is 4.20. The molecule has 0 radical (unpaired) electrons. The molecule has 20 heavy (non-hydrogen) atoms. The van der Waals surface area contributed by atoms with Gasteiger partial charge in [-0.2, -0.15) is 0 Å². The van der Waals surface area contributed by atoms with Gasteiger partial charge in [-0.3, -0.25) is 0 Å². The number of hydrogen-bond donors (Lipinski definition) is 2. The average molecular weight is 275 g/mol.